The minimum Gasteiger partial charge on any atom is -1.00 e. The summed E-state index contributed by atoms with van der Waals surface area (Å²) in [7, 11) is 0. The Kier molecular flexibility index (Phi) is 12.3. The normalized spacial score (nSPS) is 8.00. The van der Waals surface area contributed by atoms with Crippen LogP contribution in [0.25, 0.3) is 0 Å². The molecule has 1 aromatic rings. The van der Waals surface area contributed by atoms with Crippen LogP contribution in [0.4, 0.5) is 0 Å². The van der Waals surface area contributed by atoms with Crippen LogP contribution in [0.5, 0.6) is 0 Å². The zero-order valence-electron chi connectivity index (χ0n) is 7.50. The maximum atomic E-state index is 5.23. The Morgan fingerprint density at radius 2 is 2.31 bits per heavy atom. The van der Waals surface area contributed by atoms with Crippen molar-refractivity contribution in [2.24, 2.45) is 0 Å². The Bertz CT molecular complexity index is 213. The van der Waals surface area contributed by atoms with Crippen LogP contribution in [0, 0.1) is 6.07 Å². The fraction of sp³-hybridized carbons (Fsp3) is 0.200. The van der Waals surface area contributed by atoms with Crippen molar-refractivity contribution < 1.29 is 21.7 Å². The topological polar surface area (TPSA) is 9.23 Å². The Hall–Kier alpha value is 0.166. The van der Waals surface area contributed by atoms with Crippen LogP contribution in [-0.4, -0.2) is 29.7 Å². The smallest absolute Gasteiger partial charge is 1.00 e. The van der Waals surface area contributed by atoms with Crippen molar-refractivity contribution >= 4 is 23.1 Å². The number of hydrogen-bond donors (Lipinski definition) is 0. The van der Waals surface area contributed by atoms with E-state index in [1.165, 1.54) is 0 Å². The molecule has 1 aromatic carbocycles. The molecule has 0 unspecified atom stereocenters. The van der Waals surface area contributed by atoms with Gasteiger partial charge in [-0.25, -0.2) is 0 Å². The molecule has 0 atom stereocenters. The molecular weight excluding hydrogens is 240 g/mol. The minimum absolute atomic E-state index is 0. The van der Waals surface area contributed by atoms with E-state index in [1.54, 1.807) is 6.08 Å². The van der Waals surface area contributed by atoms with Gasteiger partial charge in [0.1, 0.15) is 0 Å². The molecule has 0 radical (unpaired) electrons. The van der Waals surface area contributed by atoms with Gasteiger partial charge in [-0.15, -0.1) is 12.1 Å². The van der Waals surface area contributed by atoms with E-state index in [0.717, 1.165) is 5.56 Å². The van der Waals surface area contributed by atoms with Gasteiger partial charge in [-0.2, -0.15) is 30.3 Å². The first-order valence-electron chi connectivity index (χ1n) is 3.57. The molecule has 0 N–H and O–H groups in total. The molecule has 0 amide bonds. The van der Waals surface area contributed by atoms with Gasteiger partial charge in [0, 0.05) is 6.61 Å². The van der Waals surface area contributed by atoms with Gasteiger partial charge in [-0.1, -0.05) is 6.08 Å². The Balaban J connectivity index is 0. The maximum absolute atomic E-state index is 5.23. The summed E-state index contributed by atoms with van der Waals surface area (Å²) in [5, 5.41) is 0. The second kappa shape index (κ2) is 10.2. The predicted octanol–water partition coefficient (Wildman–Crippen LogP) is -1.19. The number of halogens is 1. The van der Waals surface area contributed by atoms with Crippen molar-refractivity contribution in [2.45, 2.75) is 6.61 Å². The van der Waals surface area contributed by atoms with Gasteiger partial charge in [0.15, 0.2) is 0 Å². The van der Waals surface area contributed by atoms with Gasteiger partial charge in [0.05, 0.1) is 6.61 Å². The maximum Gasteiger partial charge on any atom is 2.00 e. The van der Waals surface area contributed by atoms with Crippen molar-refractivity contribution in [3.63, 3.8) is 0 Å². The summed E-state index contributed by atoms with van der Waals surface area (Å²) in [6.45, 7) is 4.81. The standard InChI is InChI=1S/C10H11O.BrH.Mg/c1-2-8-11-9-10-6-4-3-5-7-10;;/h2-4,6-7H,1,8-9H2;1H;/q-1;;+2/p-1. The van der Waals surface area contributed by atoms with E-state index >= 15 is 0 Å². The number of benzene rings is 1. The summed E-state index contributed by atoms with van der Waals surface area (Å²) >= 11 is 0. The number of hydrogen-bond acceptors (Lipinski definition) is 1. The first-order chi connectivity index (χ1) is 5.43. The SMILES string of the molecule is C=CCOCc1c[c-]ccc1.[Br-].[Mg+2]. The van der Waals surface area contributed by atoms with Gasteiger partial charge in [-0.3, -0.25) is 0 Å². The van der Waals surface area contributed by atoms with Crippen LogP contribution in [0.3, 0.4) is 0 Å². The molecule has 0 aromatic heterocycles. The van der Waals surface area contributed by atoms with Crippen LogP contribution in [-0.2, 0) is 11.3 Å². The summed E-state index contributed by atoms with van der Waals surface area (Å²) in [6.07, 6.45) is 1.74. The first kappa shape index (κ1) is 15.6. The van der Waals surface area contributed by atoms with E-state index in [0.29, 0.717) is 13.2 Å². The third kappa shape index (κ3) is 7.25. The molecule has 0 aliphatic heterocycles. The molecular formula is C10H11BrMgO. The second-order valence-electron chi connectivity index (χ2n) is 2.22. The van der Waals surface area contributed by atoms with Gasteiger partial charge in [0.2, 0.25) is 0 Å². The largest absolute Gasteiger partial charge is 2.00 e. The molecule has 0 bridgehead atoms. The summed E-state index contributed by atoms with van der Waals surface area (Å²) in [5.41, 5.74) is 1.15. The average molecular weight is 251 g/mol. The summed E-state index contributed by atoms with van der Waals surface area (Å²) in [5.74, 6) is 0. The predicted molar refractivity (Wildman–Crippen MR) is 50.9 cm³/mol. The van der Waals surface area contributed by atoms with Crippen LogP contribution in [0.1, 0.15) is 5.56 Å². The quantitative estimate of drug-likeness (QED) is 0.283. The molecule has 0 spiro atoms. The monoisotopic (exact) mass is 250 g/mol. The van der Waals surface area contributed by atoms with E-state index in [1.807, 2.05) is 24.3 Å². The Morgan fingerprint density at radius 3 is 2.85 bits per heavy atom. The molecule has 1 nitrogen and oxygen atoms in total. The van der Waals surface area contributed by atoms with Crippen LogP contribution in [0.15, 0.2) is 36.9 Å². The van der Waals surface area contributed by atoms with Crippen molar-refractivity contribution in [2.75, 3.05) is 6.61 Å². The fourth-order valence-corrected chi connectivity index (χ4v) is 0.780. The Labute approximate surface area is 106 Å². The molecule has 0 saturated heterocycles. The molecule has 0 heterocycles. The van der Waals surface area contributed by atoms with E-state index in [-0.39, 0.29) is 40.0 Å². The summed E-state index contributed by atoms with van der Waals surface area (Å²) in [6, 6.07) is 10.7. The number of ether oxygens (including phenoxy) is 1. The van der Waals surface area contributed by atoms with Gasteiger partial charge in [-0.05, 0) is 0 Å². The molecule has 1 rings (SSSR count). The summed E-state index contributed by atoms with van der Waals surface area (Å²) < 4.78 is 5.23. The first-order valence-corrected chi connectivity index (χ1v) is 3.57. The van der Waals surface area contributed by atoms with E-state index in [4.69, 9.17) is 4.74 Å². The third-order valence-corrected chi connectivity index (χ3v) is 1.28. The van der Waals surface area contributed by atoms with Crippen molar-refractivity contribution in [1.29, 1.82) is 0 Å². The molecule has 0 saturated carbocycles. The van der Waals surface area contributed by atoms with E-state index in [2.05, 4.69) is 12.6 Å². The average Bonchev–Trinajstić information content (AvgIpc) is 2.07. The minimum atomic E-state index is 0. The molecule has 0 fully saturated rings. The number of rotatable bonds is 4. The molecule has 3 heteroatoms. The Morgan fingerprint density at radius 1 is 1.54 bits per heavy atom. The van der Waals surface area contributed by atoms with Gasteiger partial charge in [0.25, 0.3) is 0 Å². The van der Waals surface area contributed by atoms with E-state index < -0.39 is 0 Å². The third-order valence-electron chi connectivity index (χ3n) is 1.28. The van der Waals surface area contributed by atoms with Crippen molar-refractivity contribution in [3.8, 4) is 0 Å². The molecule has 13 heavy (non-hydrogen) atoms. The molecule has 0 aliphatic rings. The van der Waals surface area contributed by atoms with Crippen LogP contribution in [0.2, 0.25) is 0 Å². The van der Waals surface area contributed by atoms with Crippen molar-refractivity contribution in [3.05, 3.63) is 48.6 Å². The van der Waals surface area contributed by atoms with E-state index in [9.17, 15) is 0 Å². The zero-order valence-corrected chi connectivity index (χ0v) is 10.5. The fourth-order valence-electron chi connectivity index (χ4n) is 0.780. The second-order valence-corrected chi connectivity index (χ2v) is 2.22. The van der Waals surface area contributed by atoms with Gasteiger partial charge >= 0.3 is 23.1 Å². The molecule has 0 aliphatic carbocycles. The summed E-state index contributed by atoms with van der Waals surface area (Å²) in [4.78, 5) is 0. The van der Waals surface area contributed by atoms with Gasteiger partial charge < -0.3 is 21.7 Å². The van der Waals surface area contributed by atoms with Crippen molar-refractivity contribution in [1.82, 2.24) is 0 Å². The van der Waals surface area contributed by atoms with Crippen LogP contribution >= 0.6 is 0 Å². The van der Waals surface area contributed by atoms with Crippen LogP contribution < -0.4 is 17.0 Å². The molecule has 66 valence electrons. The zero-order chi connectivity index (χ0) is 7.94.